The molecule has 33 heavy (non-hydrogen) atoms. The SMILES string of the molecule is COc1ccc(CCN(C)CCCC2(c3ccccc3)COc3cccc(Cl)c32)cc1OC. The zero-order valence-corrected chi connectivity index (χ0v) is 20.4. The van der Waals surface area contributed by atoms with E-state index in [0.717, 1.165) is 60.2 Å². The van der Waals surface area contributed by atoms with Crippen LogP contribution in [0.3, 0.4) is 0 Å². The lowest BCUT2D eigenvalue weighted by atomic mass is 9.73. The van der Waals surface area contributed by atoms with Gasteiger partial charge < -0.3 is 19.1 Å². The highest BCUT2D eigenvalue weighted by atomic mass is 35.5. The molecule has 0 N–H and O–H groups in total. The third-order valence-electron chi connectivity index (χ3n) is 6.63. The van der Waals surface area contributed by atoms with Crippen LogP contribution in [0.15, 0.2) is 66.7 Å². The maximum Gasteiger partial charge on any atom is 0.160 e. The Morgan fingerprint density at radius 1 is 0.939 bits per heavy atom. The molecule has 0 aliphatic carbocycles. The molecule has 0 saturated heterocycles. The molecule has 1 unspecified atom stereocenters. The first kappa shape index (κ1) is 23.5. The number of benzene rings is 3. The normalized spacial score (nSPS) is 17.0. The summed E-state index contributed by atoms with van der Waals surface area (Å²) in [5.74, 6) is 2.45. The maximum absolute atomic E-state index is 6.70. The standard InChI is InChI=1S/C28H32ClNO3/c1-30(18-15-21-13-14-24(31-2)26(19-21)32-3)17-8-16-28(22-9-5-4-6-10-22)20-33-25-12-7-11-23(29)27(25)28/h4-7,9-14,19H,8,15-18,20H2,1-3H3. The average Bonchev–Trinajstić information content (AvgIpc) is 3.24. The van der Waals surface area contributed by atoms with Crippen LogP contribution in [0.5, 0.6) is 17.2 Å². The average molecular weight is 466 g/mol. The van der Waals surface area contributed by atoms with E-state index in [1.54, 1.807) is 14.2 Å². The van der Waals surface area contributed by atoms with Crippen molar-refractivity contribution in [1.82, 2.24) is 4.90 Å². The minimum atomic E-state index is -0.209. The number of likely N-dealkylation sites (N-methyl/N-ethyl adjacent to an activating group) is 1. The molecule has 1 atom stereocenters. The molecule has 3 aromatic carbocycles. The first-order chi connectivity index (χ1) is 16.1. The van der Waals surface area contributed by atoms with Crippen molar-refractivity contribution in [2.75, 3.05) is 41.0 Å². The number of halogens is 1. The molecule has 0 bridgehead atoms. The van der Waals surface area contributed by atoms with Crippen LogP contribution < -0.4 is 14.2 Å². The van der Waals surface area contributed by atoms with E-state index in [4.69, 9.17) is 25.8 Å². The number of fused-ring (bicyclic) bond motifs is 1. The van der Waals surface area contributed by atoms with Crippen molar-refractivity contribution in [1.29, 1.82) is 0 Å². The molecule has 1 aliphatic rings. The van der Waals surface area contributed by atoms with Gasteiger partial charge in [0.05, 0.1) is 19.6 Å². The second-order valence-corrected chi connectivity index (χ2v) is 9.10. The molecule has 4 nitrogen and oxygen atoms in total. The number of hydrogen-bond acceptors (Lipinski definition) is 4. The van der Waals surface area contributed by atoms with Gasteiger partial charge in [0.25, 0.3) is 0 Å². The molecular formula is C28H32ClNO3. The summed E-state index contributed by atoms with van der Waals surface area (Å²) < 4.78 is 16.9. The fourth-order valence-corrected chi connectivity index (χ4v) is 5.15. The van der Waals surface area contributed by atoms with E-state index in [9.17, 15) is 0 Å². The Hall–Kier alpha value is -2.69. The Kier molecular flexibility index (Phi) is 7.46. The van der Waals surface area contributed by atoms with E-state index >= 15 is 0 Å². The van der Waals surface area contributed by atoms with Crippen LogP contribution in [0, 0.1) is 0 Å². The van der Waals surface area contributed by atoms with Crippen molar-refractivity contribution in [2.45, 2.75) is 24.7 Å². The first-order valence-electron chi connectivity index (χ1n) is 11.4. The molecule has 174 valence electrons. The largest absolute Gasteiger partial charge is 0.493 e. The summed E-state index contributed by atoms with van der Waals surface area (Å²) in [5.41, 5.74) is 3.43. The lowest BCUT2D eigenvalue weighted by Gasteiger charge is -2.30. The highest BCUT2D eigenvalue weighted by molar-refractivity contribution is 6.31. The van der Waals surface area contributed by atoms with Gasteiger partial charge in [-0.2, -0.15) is 0 Å². The summed E-state index contributed by atoms with van der Waals surface area (Å²) in [6.45, 7) is 2.61. The van der Waals surface area contributed by atoms with Crippen molar-refractivity contribution >= 4 is 11.6 Å². The predicted molar refractivity (Wildman–Crippen MR) is 134 cm³/mol. The summed E-state index contributed by atoms with van der Waals surface area (Å²) in [5, 5.41) is 0.788. The van der Waals surface area contributed by atoms with Gasteiger partial charge in [0.15, 0.2) is 11.5 Å². The van der Waals surface area contributed by atoms with Crippen molar-refractivity contribution in [3.63, 3.8) is 0 Å². The second kappa shape index (κ2) is 10.5. The van der Waals surface area contributed by atoms with E-state index in [2.05, 4.69) is 54.4 Å². The molecule has 0 radical (unpaired) electrons. The third-order valence-corrected chi connectivity index (χ3v) is 6.94. The van der Waals surface area contributed by atoms with Gasteiger partial charge in [0.1, 0.15) is 12.4 Å². The van der Waals surface area contributed by atoms with Crippen LogP contribution >= 0.6 is 11.6 Å². The molecule has 0 saturated carbocycles. The Bertz CT molecular complexity index is 1070. The molecule has 0 spiro atoms. The molecule has 1 aliphatic heterocycles. The van der Waals surface area contributed by atoms with Gasteiger partial charge in [0.2, 0.25) is 0 Å². The minimum absolute atomic E-state index is 0.209. The molecule has 3 aromatic rings. The van der Waals surface area contributed by atoms with Crippen molar-refractivity contribution in [3.8, 4) is 17.2 Å². The Morgan fingerprint density at radius 2 is 1.73 bits per heavy atom. The number of nitrogens with zero attached hydrogens (tertiary/aromatic N) is 1. The van der Waals surface area contributed by atoms with Crippen LogP contribution in [-0.2, 0) is 11.8 Å². The smallest absolute Gasteiger partial charge is 0.160 e. The van der Waals surface area contributed by atoms with Crippen LogP contribution in [0.25, 0.3) is 0 Å². The summed E-state index contributed by atoms with van der Waals surface area (Å²) >= 11 is 6.70. The maximum atomic E-state index is 6.70. The highest BCUT2D eigenvalue weighted by Gasteiger charge is 2.43. The molecule has 5 heteroatoms. The third kappa shape index (κ3) is 4.97. The molecule has 1 heterocycles. The summed E-state index contributed by atoms with van der Waals surface area (Å²) in [4.78, 5) is 2.39. The van der Waals surface area contributed by atoms with E-state index in [1.165, 1.54) is 11.1 Å². The van der Waals surface area contributed by atoms with Crippen LogP contribution in [0.4, 0.5) is 0 Å². The van der Waals surface area contributed by atoms with Crippen LogP contribution in [0.1, 0.15) is 29.5 Å². The van der Waals surface area contributed by atoms with Crippen molar-refractivity contribution in [2.24, 2.45) is 0 Å². The number of rotatable bonds is 10. The number of hydrogen-bond donors (Lipinski definition) is 0. The Balaban J connectivity index is 1.41. The van der Waals surface area contributed by atoms with E-state index in [0.29, 0.717) is 6.61 Å². The molecular weight excluding hydrogens is 434 g/mol. The first-order valence-corrected chi connectivity index (χ1v) is 11.8. The quantitative estimate of drug-likeness (QED) is 0.368. The fraction of sp³-hybridized carbons (Fsp3) is 0.357. The highest BCUT2D eigenvalue weighted by Crippen LogP contribution is 2.49. The van der Waals surface area contributed by atoms with Crippen LogP contribution in [-0.4, -0.2) is 45.9 Å². The van der Waals surface area contributed by atoms with Gasteiger partial charge in [-0.25, -0.2) is 0 Å². The topological polar surface area (TPSA) is 30.9 Å². The van der Waals surface area contributed by atoms with Crippen molar-refractivity contribution in [3.05, 3.63) is 88.4 Å². The lowest BCUT2D eigenvalue weighted by Crippen LogP contribution is -2.32. The minimum Gasteiger partial charge on any atom is -0.493 e. The van der Waals surface area contributed by atoms with Gasteiger partial charge >= 0.3 is 0 Å². The summed E-state index contributed by atoms with van der Waals surface area (Å²) in [6.07, 6.45) is 2.98. The fourth-order valence-electron chi connectivity index (χ4n) is 4.81. The van der Waals surface area contributed by atoms with E-state index in [1.807, 2.05) is 24.3 Å². The summed E-state index contributed by atoms with van der Waals surface area (Å²) in [7, 11) is 5.52. The zero-order chi connectivity index (χ0) is 23.3. The predicted octanol–water partition coefficient (Wildman–Crippen LogP) is 5.99. The lowest BCUT2D eigenvalue weighted by molar-refractivity contribution is 0.263. The van der Waals surface area contributed by atoms with Crippen molar-refractivity contribution < 1.29 is 14.2 Å². The Morgan fingerprint density at radius 3 is 2.48 bits per heavy atom. The molecule has 0 aromatic heterocycles. The van der Waals surface area contributed by atoms with Gasteiger partial charge in [-0.05, 0) is 68.2 Å². The van der Waals surface area contributed by atoms with Crippen LogP contribution in [0.2, 0.25) is 5.02 Å². The van der Waals surface area contributed by atoms with Gasteiger partial charge in [-0.15, -0.1) is 0 Å². The van der Waals surface area contributed by atoms with E-state index < -0.39 is 0 Å². The number of ether oxygens (including phenoxy) is 3. The molecule has 4 rings (SSSR count). The second-order valence-electron chi connectivity index (χ2n) is 8.70. The molecule has 0 amide bonds. The van der Waals surface area contributed by atoms with Gasteiger partial charge in [-0.1, -0.05) is 54.1 Å². The Labute approximate surface area is 202 Å². The van der Waals surface area contributed by atoms with Gasteiger partial charge in [0, 0.05) is 17.1 Å². The van der Waals surface area contributed by atoms with E-state index in [-0.39, 0.29) is 5.41 Å². The van der Waals surface area contributed by atoms with Gasteiger partial charge in [-0.3, -0.25) is 0 Å². The number of methoxy groups -OCH3 is 2. The summed E-state index contributed by atoms with van der Waals surface area (Å²) in [6, 6.07) is 22.8. The monoisotopic (exact) mass is 465 g/mol. The molecule has 0 fully saturated rings. The zero-order valence-electron chi connectivity index (χ0n) is 19.6.